The maximum Gasteiger partial charge on any atom is 0.338 e. The van der Waals surface area contributed by atoms with Crippen LogP contribution in [-0.4, -0.2) is 43.3 Å². The number of aryl methyl sites for hydroxylation is 3. The first kappa shape index (κ1) is 17.6. The Morgan fingerprint density at radius 2 is 2.04 bits per heavy atom. The van der Waals surface area contributed by atoms with Crippen molar-refractivity contribution in [2.45, 2.75) is 27.3 Å². The second-order valence-electron chi connectivity index (χ2n) is 5.90. The Kier molecular flexibility index (Phi) is 4.70. The number of rotatable bonds is 5. The average molecular weight is 356 g/mol. The second-order valence-corrected chi connectivity index (χ2v) is 5.90. The highest BCUT2D eigenvalue weighted by Gasteiger charge is 2.16. The van der Waals surface area contributed by atoms with Crippen molar-refractivity contribution < 1.29 is 14.3 Å². The Balaban J connectivity index is 1.64. The van der Waals surface area contributed by atoms with E-state index in [1.54, 1.807) is 41.5 Å². The molecule has 0 radical (unpaired) electrons. The predicted octanol–water partition coefficient (Wildman–Crippen LogP) is 1.60. The summed E-state index contributed by atoms with van der Waals surface area (Å²) < 4.78 is 8.51. The zero-order chi connectivity index (χ0) is 18.8. The number of nitrogens with one attached hydrogen (secondary N) is 1. The Morgan fingerprint density at radius 1 is 1.27 bits per heavy atom. The lowest BCUT2D eigenvalue weighted by atomic mass is 10.2. The number of aromatic nitrogens is 5. The van der Waals surface area contributed by atoms with Gasteiger partial charge in [0.2, 0.25) is 0 Å². The van der Waals surface area contributed by atoms with Crippen molar-refractivity contribution >= 4 is 28.6 Å². The van der Waals surface area contributed by atoms with Crippen LogP contribution in [0.25, 0.3) is 11.0 Å². The van der Waals surface area contributed by atoms with E-state index < -0.39 is 11.9 Å². The lowest BCUT2D eigenvalue weighted by molar-refractivity contribution is -0.119. The van der Waals surface area contributed by atoms with E-state index in [2.05, 4.69) is 20.7 Å². The first-order valence-electron chi connectivity index (χ1n) is 8.21. The van der Waals surface area contributed by atoms with E-state index in [1.165, 1.54) is 0 Å². The molecule has 1 aromatic carbocycles. The number of carbonyl (C=O) groups excluding carboxylic acids is 2. The molecule has 0 aliphatic carbocycles. The van der Waals surface area contributed by atoms with Crippen molar-refractivity contribution in [2.75, 3.05) is 11.9 Å². The van der Waals surface area contributed by atoms with Crippen LogP contribution in [0.1, 0.15) is 28.7 Å². The third-order valence-electron chi connectivity index (χ3n) is 4.16. The number of anilines is 1. The van der Waals surface area contributed by atoms with Crippen LogP contribution in [0.5, 0.6) is 0 Å². The number of esters is 1. The van der Waals surface area contributed by atoms with Gasteiger partial charge in [0.15, 0.2) is 6.61 Å². The number of carbonyl (C=O) groups is 2. The van der Waals surface area contributed by atoms with Crippen LogP contribution in [0.2, 0.25) is 0 Å². The average Bonchev–Trinajstić information content (AvgIpc) is 3.14. The highest BCUT2D eigenvalue weighted by molar-refractivity contribution is 5.97. The van der Waals surface area contributed by atoms with Gasteiger partial charge in [-0.15, -0.1) is 5.10 Å². The monoisotopic (exact) mass is 356 g/mol. The van der Waals surface area contributed by atoms with Crippen LogP contribution in [0.15, 0.2) is 18.2 Å². The smallest absolute Gasteiger partial charge is 0.338 e. The number of fused-ring (bicyclic) bond motifs is 1. The maximum absolute atomic E-state index is 12.2. The molecule has 2 heterocycles. The summed E-state index contributed by atoms with van der Waals surface area (Å²) in [5.74, 6) is -1.01. The zero-order valence-electron chi connectivity index (χ0n) is 15.1. The summed E-state index contributed by atoms with van der Waals surface area (Å²) in [6.45, 7) is 5.91. The summed E-state index contributed by atoms with van der Waals surface area (Å²) in [6, 6.07) is 5.00. The first-order chi connectivity index (χ1) is 12.4. The molecular weight excluding hydrogens is 336 g/mol. The topological polar surface area (TPSA) is 104 Å². The van der Waals surface area contributed by atoms with E-state index in [0.29, 0.717) is 29.0 Å². The molecule has 0 aliphatic rings. The number of hydrogen-bond donors (Lipinski definition) is 1. The second kappa shape index (κ2) is 6.95. The predicted molar refractivity (Wildman–Crippen MR) is 94.8 cm³/mol. The fraction of sp³-hybridized carbons (Fsp3) is 0.353. The molecule has 0 spiro atoms. The molecule has 3 aromatic rings. The highest BCUT2D eigenvalue weighted by atomic mass is 16.5. The molecule has 0 atom stereocenters. The molecule has 1 N–H and O–H groups in total. The third kappa shape index (κ3) is 3.28. The molecule has 0 unspecified atom stereocenters. The number of amides is 1. The highest BCUT2D eigenvalue weighted by Crippen LogP contribution is 2.18. The first-order valence-corrected chi connectivity index (χ1v) is 8.21. The van der Waals surface area contributed by atoms with Crippen molar-refractivity contribution in [1.82, 2.24) is 24.8 Å². The van der Waals surface area contributed by atoms with Crippen LogP contribution in [0.4, 0.5) is 5.69 Å². The van der Waals surface area contributed by atoms with E-state index in [4.69, 9.17) is 4.74 Å². The largest absolute Gasteiger partial charge is 0.452 e. The Labute approximate surface area is 149 Å². The molecule has 1 amide bonds. The van der Waals surface area contributed by atoms with Crippen molar-refractivity contribution in [3.8, 4) is 0 Å². The number of ether oxygens (including phenoxy) is 1. The molecule has 0 saturated heterocycles. The van der Waals surface area contributed by atoms with E-state index in [0.717, 1.165) is 11.2 Å². The summed E-state index contributed by atoms with van der Waals surface area (Å²) in [6.07, 6.45) is 0. The minimum absolute atomic E-state index is 0.321. The zero-order valence-corrected chi connectivity index (χ0v) is 15.1. The molecule has 136 valence electrons. The van der Waals surface area contributed by atoms with E-state index >= 15 is 0 Å². The lowest BCUT2D eigenvalue weighted by Crippen LogP contribution is -2.21. The van der Waals surface area contributed by atoms with Gasteiger partial charge in [0.25, 0.3) is 5.91 Å². The Morgan fingerprint density at radius 3 is 2.69 bits per heavy atom. The van der Waals surface area contributed by atoms with Gasteiger partial charge >= 0.3 is 5.97 Å². The van der Waals surface area contributed by atoms with Crippen molar-refractivity contribution in [1.29, 1.82) is 0 Å². The van der Waals surface area contributed by atoms with Crippen molar-refractivity contribution in [3.63, 3.8) is 0 Å². The molecular formula is C17H20N6O3. The fourth-order valence-electron chi connectivity index (χ4n) is 2.68. The van der Waals surface area contributed by atoms with Crippen LogP contribution < -0.4 is 5.32 Å². The molecule has 0 saturated carbocycles. The summed E-state index contributed by atoms with van der Waals surface area (Å²) in [7, 11) is 1.79. The fourth-order valence-corrected chi connectivity index (χ4v) is 2.68. The molecule has 9 heteroatoms. The number of benzene rings is 1. The normalized spacial score (nSPS) is 10.9. The van der Waals surface area contributed by atoms with Gasteiger partial charge in [-0.3, -0.25) is 9.48 Å². The van der Waals surface area contributed by atoms with Crippen LogP contribution >= 0.6 is 0 Å². The van der Waals surface area contributed by atoms with Crippen LogP contribution in [0, 0.1) is 13.8 Å². The quantitative estimate of drug-likeness (QED) is 0.696. The van der Waals surface area contributed by atoms with Gasteiger partial charge in [0.05, 0.1) is 28.2 Å². The molecule has 26 heavy (non-hydrogen) atoms. The lowest BCUT2D eigenvalue weighted by Gasteiger charge is -2.07. The maximum atomic E-state index is 12.2. The van der Waals surface area contributed by atoms with Crippen LogP contribution in [0.3, 0.4) is 0 Å². The number of nitrogens with zero attached hydrogens (tertiary/aromatic N) is 5. The van der Waals surface area contributed by atoms with Crippen molar-refractivity contribution in [3.05, 3.63) is 35.2 Å². The molecule has 3 rings (SSSR count). The number of hydrogen-bond acceptors (Lipinski definition) is 6. The standard InChI is InChI=1S/C17H20N6O3/c1-5-23-14-7-6-12(8-13(14)19-21-23)17(25)26-9-15(24)18-16-10(2)20-22(4)11(16)3/h6-8H,5,9H2,1-4H3,(H,18,24). The van der Waals surface area contributed by atoms with Gasteiger partial charge in [0.1, 0.15) is 5.52 Å². The van der Waals surface area contributed by atoms with Gasteiger partial charge in [-0.2, -0.15) is 5.10 Å². The summed E-state index contributed by atoms with van der Waals surface area (Å²) >= 11 is 0. The van der Waals surface area contributed by atoms with E-state index in [1.807, 2.05) is 13.8 Å². The SMILES string of the molecule is CCn1nnc2cc(C(=O)OCC(=O)Nc3c(C)nn(C)c3C)ccc21. The minimum atomic E-state index is -0.590. The van der Waals surface area contributed by atoms with Gasteiger partial charge in [0, 0.05) is 13.6 Å². The van der Waals surface area contributed by atoms with Gasteiger partial charge < -0.3 is 10.1 Å². The molecule has 2 aromatic heterocycles. The molecule has 0 aliphatic heterocycles. The molecule has 0 fully saturated rings. The Hall–Kier alpha value is -3.23. The minimum Gasteiger partial charge on any atom is -0.452 e. The van der Waals surface area contributed by atoms with Gasteiger partial charge in [-0.1, -0.05) is 5.21 Å². The Bertz CT molecular complexity index is 988. The molecule has 9 nitrogen and oxygen atoms in total. The van der Waals surface area contributed by atoms with Crippen molar-refractivity contribution in [2.24, 2.45) is 7.05 Å². The van der Waals surface area contributed by atoms with Gasteiger partial charge in [-0.25, -0.2) is 9.48 Å². The van der Waals surface area contributed by atoms with E-state index in [9.17, 15) is 9.59 Å². The van der Waals surface area contributed by atoms with Gasteiger partial charge in [-0.05, 0) is 39.0 Å². The summed E-state index contributed by atoms with van der Waals surface area (Å²) in [4.78, 5) is 24.3. The molecule has 0 bridgehead atoms. The summed E-state index contributed by atoms with van der Waals surface area (Å²) in [5.41, 5.74) is 3.92. The third-order valence-corrected chi connectivity index (χ3v) is 4.16. The summed E-state index contributed by atoms with van der Waals surface area (Å²) in [5, 5.41) is 15.0. The van der Waals surface area contributed by atoms with E-state index in [-0.39, 0.29) is 6.61 Å². The van der Waals surface area contributed by atoms with Crippen LogP contribution in [-0.2, 0) is 23.1 Å².